The number of hydrogen-bond acceptors (Lipinski definition) is 6. The van der Waals surface area contributed by atoms with Crippen molar-refractivity contribution in [3.8, 4) is 0 Å². The van der Waals surface area contributed by atoms with Crippen LogP contribution in [0.15, 0.2) is 42.6 Å². The summed E-state index contributed by atoms with van der Waals surface area (Å²) in [5.74, 6) is 0.539. The maximum Gasteiger partial charge on any atom is 0.246 e. The lowest BCUT2D eigenvalue weighted by atomic mass is 10.2. The summed E-state index contributed by atoms with van der Waals surface area (Å²) in [6, 6.07) is 11.7. The highest BCUT2D eigenvalue weighted by Gasteiger charge is 2.02. The second-order valence-electron chi connectivity index (χ2n) is 5.45. The van der Waals surface area contributed by atoms with Crippen molar-refractivity contribution in [2.24, 2.45) is 0 Å². The van der Waals surface area contributed by atoms with E-state index >= 15 is 0 Å². The van der Waals surface area contributed by atoms with Gasteiger partial charge in [-0.05, 0) is 5.56 Å². The van der Waals surface area contributed by atoms with E-state index in [9.17, 15) is 4.79 Å². The van der Waals surface area contributed by atoms with Crippen molar-refractivity contribution in [2.75, 3.05) is 44.0 Å². The third kappa shape index (κ3) is 6.21. The third-order valence-corrected chi connectivity index (χ3v) is 3.25. The number of nitrogens with one attached hydrogen (secondary N) is 2. The lowest BCUT2D eigenvalue weighted by Crippen LogP contribution is -2.31. The lowest BCUT2D eigenvalue weighted by molar-refractivity contribution is -0.126. The summed E-state index contributed by atoms with van der Waals surface area (Å²) in [5.41, 5.74) is 2.01. The number of carbonyl (C=O) groups is 1. The Labute approximate surface area is 142 Å². The summed E-state index contributed by atoms with van der Waals surface area (Å²) in [6.07, 6.45) is 1.69. The Kier molecular flexibility index (Phi) is 6.97. The van der Waals surface area contributed by atoms with Crippen molar-refractivity contribution in [3.05, 3.63) is 48.2 Å². The van der Waals surface area contributed by atoms with Gasteiger partial charge in [0.15, 0.2) is 5.82 Å². The van der Waals surface area contributed by atoms with Crippen LogP contribution in [0.4, 0.5) is 11.5 Å². The molecular weight excluding hydrogens is 306 g/mol. The monoisotopic (exact) mass is 329 g/mol. The number of aromatic nitrogens is 2. The van der Waals surface area contributed by atoms with E-state index in [0.717, 1.165) is 11.3 Å². The Hall–Kier alpha value is -2.67. The normalized spacial score (nSPS) is 10.2. The molecule has 1 amide bonds. The minimum atomic E-state index is -0.138. The molecule has 0 radical (unpaired) electrons. The average molecular weight is 329 g/mol. The Bertz CT molecular complexity index is 634. The third-order valence-electron chi connectivity index (χ3n) is 3.25. The van der Waals surface area contributed by atoms with Gasteiger partial charge in [-0.15, -0.1) is 5.10 Å². The van der Waals surface area contributed by atoms with Crippen LogP contribution in [0.3, 0.4) is 0 Å². The molecule has 2 aromatic rings. The lowest BCUT2D eigenvalue weighted by Gasteiger charge is -2.13. The van der Waals surface area contributed by atoms with Gasteiger partial charge in [-0.1, -0.05) is 30.3 Å². The fraction of sp³-hybridized carbons (Fsp3) is 0.353. The van der Waals surface area contributed by atoms with Gasteiger partial charge in [-0.3, -0.25) is 4.79 Å². The highest BCUT2D eigenvalue weighted by molar-refractivity contribution is 5.77. The topological polar surface area (TPSA) is 79.4 Å². The smallest absolute Gasteiger partial charge is 0.246 e. The number of benzene rings is 1. The first-order chi connectivity index (χ1) is 11.6. The van der Waals surface area contributed by atoms with E-state index in [1.807, 2.05) is 55.4 Å². The molecule has 0 fully saturated rings. The summed E-state index contributed by atoms with van der Waals surface area (Å²) >= 11 is 0. The number of anilines is 2. The van der Waals surface area contributed by atoms with E-state index < -0.39 is 0 Å². The van der Waals surface area contributed by atoms with E-state index in [2.05, 4.69) is 20.8 Å². The maximum atomic E-state index is 11.7. The van der Waals surface area contributed by atoms with E-state index in [1.165, 1.54) is 0 Å². The molecule has 0 unspecified atom stereocenters. The molecule has 2 rings (SSSR count). The largest absolute Gasteiger partial charge is 0.376 e. The summed E-state index contributed by atoms with van der Waals surface area (Å²) in [7, 11) is 3.88. The Morgan fingerprint density at radius 1 is 1.21 bits per heavy atom. The van der Waals surface area contributed by atoms with Crippen LogP contribution in [-0.4, -0.2) is 49.9 Å². The molecule has 0 saturated heterocycles. The standard InChI is InChI=1S/C17H23N5O2/c1-22(2)15-10-16(21-20-11-15)18-8-9-19-17(23)13-24-12-14-6-4-3-5-7-14/h3-7,10-11H,8-9,12-13H2,1-2H3,(H,18,21)(H,19,23). The molecule has 0 bridgehead atoms. The molecule has 1 aromatic carbocycles. The fourth-order valence-electron chi connectivity index (χ4n) is 1.97. The molecule has 7 nitrogen and oxygen atoms in total. The van der Waals surface area contributed by atoms with Crippen molar-refractivity contribution >= 4 is 17.4 Å². The van der Waals surface area contributed by atoms with Crippen LogP contribution in [0.25, 0.3) is 0 Å². The van der Waals surface area contributed by atoms with Crippen molar-refractivity contribution in [1.29, 1.82) is 0 Å². The van der Waals surface area contributed by atoms with Gasteiger partial charge < -0.3 is 20.3 Å². The maximum absolute atomic E-state index is 11.7. The van der Waals surface area contributed by atoms with Crippen molar-refractivity contribution in [3.63, 3.8) is 0 Å². The summed E-state index contributed by atoms with van der Waals surface area (Å²) in [4.78, 5) is 13.6. The first kappa shape index (κ1) is 17.7. The van der Waals surface area contributed by atoms with E-state index in [4.69, 9.17) is 4.74 Å². The number of amides is 1. The average Bonchev–Trinajstić information content (AvgIpc) is 2.60. The van der Waals surface area contributed by atoms with Crippen LogP contribution in [0.1, 0.15) is 5.56 Å². The first-order valence-corrected chi connectivity index (χ1v) is 7.77. The highest BCUT2D eigenvalue weighted by Crippen LogP contribution is 2.12. The molecule has 128 valence electrons. The van der Waals surface area contributed by atoms with Crippen LogP contribution >= 0.6 is 0 Å². The van der Waals surface area contributed by atoms with Crippen LogP contribution in [0.5, 0.6) is 0 Å². The number of nitrogens with zero attached hydrogens (tertiary/aromatic N) is 3. The minimum Gasteiger partial charge on any atom is -0.376 e. The van der Waals surface area contributed by atoms with Crippen LogP contribution < -0.4 is 15.5 Å². The molecule has 0 atom stereocenters. The second-order valence-corrected chi connectivity index (χ2v) is 5.45. The van der Waals surface area contributed by atoms with Crippen LogP contribution in [0.2, 0.25) is 0 Å². The minimum absolute atomic E-state index is 0.0464. The summed E-state index contributed by atoms with van der Waals surface area (Å²) < 4.78 is 5.38. The zero-order valence-electron chi connectivity index (χ0n) is 14.0. The molecule has 2 N–H and O–H groups in total. The zero-order valence-corrected chi connectivity index (χ0v) is 14.0. The second kappa shape index (κ2) is 9.46. The Morgan fingerprint density at radius 2 is 2.00 bits per heavy atom. The van der Waals surface area contributed by atoms with Gasteiger partial charge in [0.1, 0.15) is 6.61 Å². The molecule has 0 aliphatic heterocycles. The number of carbonyl (C=O) groups excluding carboxylic acids is 1. The molecule has 0 spiro atoms. The number of rotatable bonds is 9. The number of hydrogen-bond donors (Lipinski definition) is 2. The zero-order chi connectivity index (χ0) is 17.2. The fourth-order valence-corrected chi connectivity index (χ4v) is 1.97. The Balaban J connectivity index is 1.60. The van der Waals surface area contributed by atoms with Gasteiger partial charge >= 0.3 is 0 Å². The van der Waals surface area contributed by atoms with E-state index in [-0.39, 0.29) is 12.5 Å². The SMILES string of the molecule is CN(C)c1cnnc(NCCNC(=O)COCc2ccccc2)c1. The summed E-state index contributed by atoms with van der Waals surface area (Å²) in [5, 5.41) is 13.8. The quantitative estimate of drug-likeness (QED) is 0.675. The molecule has 1 aromatic heterocycles. The van der Waals surface area contributed by atoms with Crippen LogP contribution in [-0.2, 0) is 16.1 Å². The van der Waals surface area contributed by atoms with Crippen molar-refractivity contribution < 1.29 is 9.53 Å². The molecular formula is C17H23N5O2. The molecule has 0 aliphatic rings. The summed E-state index contributed by atoms with van der Waals surface area (Å²) in [6.45, 7) is 1.53. The van der Waals surface area contributed by atoms with Gasteiger partial charge in [0.2, 0.25) is 5.91 Å². The van der Waals surface area contributed by atoms with Gasteiger partial charge in [-0.25, -0.2) is 0 Å². The first-order valence-electron chi connectivity index (χ1n) is 7.77. The van der Waals surface area contributed by atoms with E-state index in [1.54, 1.807) is 6.20 Å². The predicted octanol–water partition coefficient (Wildman–Crippen LogP) is 1.29. The molecule has 0 saturated carbocycles. The molecule has 1 heterocycles. The van der Waals surface area contributed by atoms with Gasteiger partial charge in [0.25, 0.3) is 0 Å². The van der Waals surface area contributed by atoms with Gasteiger partial charge in [0, 0.05) is 33.3 Å². The van der Waals surface area contributed by atoms with E-state index in [0.29, 0.717) is 25.5 Å². The molecule has 7 heteroatoms. The molecule has 24 heavy (non-hydrogen) atoms. The highest BCUT2D eigenvalue weighted by atomic mass is 16.5. The predicted molar refractivity (Wildman–Crippen MR) is 94.0 cm³/mol. The molecule has 0 aliphatic carbocycles. The van der Waals surface area contributed by atoms with Gasteiger partial charge in [0.05, 0.1) is 18.5 Å². The van der Waals surface area contributed by atoms with Crippen molar-refractivity contribution in [1.82, 2.24) is 15.5 Å². The number of ether oxygens (including phenoxy) is 1. The Morgan fingerprint density at radius 3 is 2.75 bits per heavy atom. The van der Waals surface area contributed by atoms with Gasteiger partial charge in [-0.2, -0.15) is 5.10 Å². The van der Waals surface area contributed by atoms with Crippen LogP contribution in [0, 0.1) is 0 Å². The van der Waals surface area contributed by atoms with Crippen molar-refractivity contribution in [2.45, 2.75) is 6.61 Å².